The molecule has 0 unspecified atom stereocenters. The standard InChI is InChI=1S/C9H12FN5O3/c10-6-5(1-2-13-7(6)15-12)8(16)14-3-4-18-9(11)17/h1-2H,3-4,12H2,(H2,11,17)(H,13,15)(H,14,16). The number of hydrogen-bond acceptors (Lipinski definition) is 6. The molecular formula is C9H12FN5O3. The lowest BCUT2D eigenvalue weighted by Crippen LogP contribution is -2.30. The predicted octanol–water partition coefficient (Wildman–Crippen LogP) is -0.669. The Labute approximate surface area is 101 Å². The largest absolute Gasteiger partial charge is 0.448 e. The van der Waals surface area contributed by atoms with Gasteiger partial charge in [0.05, 0.1) is 12.1 Å². The molecule has 0 saturated heterocycles. The molecular weight excluding hydrogens is 245 g/mol. The number of anilines is 1. The molecule has 0 aliphatic carbocycles. The van der Waals surface area contributed by atoms with Crippen LogP contribution in [0.15, 0.2) is 12.3 Å². The van der Waals surface area contributed by atoms with Crippen LogP contribution in [0, 0.1) is 5.82 Å². The maximum Gasteiger partial charge on any atom is 0.404 e. The number of carbonyl (C=O) groups excluding carboxylic acids is 2. The number of pyridine rings is 1. The van der Waals surface area contributed by atoms with Crippen molar-refractivity contribution in [2.45, 2.75) is 0 Å². The topological polar surface area (TPSA) is 132 Å². The molecule has 0 atom stereocenters. The van der Waals surface area contributed by atoms with Gasteiger partial charge in [0, 0.05) is 6.20 Å². The molecule has 0 aromatic carbocycles. The quantitative estimate of drug-likeness (QED) is 0.314. The number of primary amides is 1. The zero-order chi connectivity index (χ0) is 13.5. The average Bonchev–Trinajstić information content (AvgIpc) is 2.34. The van der Waals surface area contributed by atoms with Gasteiger partial charge in [-0.1, -0.05) is 0 Å². The number of nitrogens with zero attached hydrogens (tertiary/aromatic N) is 1. The Morgan fingerprint density at radius 2 is 2.22 bits per heavy atom. The first-order chi connectivity index (χ1) is 8.56. The summed E-state index contributed by atoms with van der Waals surface area (Å²) in [5.74, 6) is 3.23. The van der Waals surface area contributed by atoms with E-state index in [4.69, 9.17) is 11.6 Å². The van der Waals surface area contributed by atoms with E-state index in [1.807, 2.05) is 5.43 Å². The summed E-state index contributed by atoms with van der Waals surface area (Å²) in [6.07, 6.45) is 0.279. The number of nitrogen functional groups attached to an aromatic ring is 1. The first kappa shape index (κ1) is 13.6. The van der Waals surface area contributed by atoms with Crippen LogP contribution < -0.4 is 22.3 Å². The molecule has 0 saturated carbocycles. The summed E-state index contributed by atoms with van der Waals surface area (Å²) >= 11 is 0. The molecule has 1 aromatic heterocycles. The SMILES string of the molecule is NNc1nccc(C(=O)NCCOC(N)=O)c1F. The van der Waals surface area contributed by atoms with Gasteiger partial charge in [-0.15, -0.1) is 0 Å². The van der Waals surface area contributed by atoms with Crippen molar-refractivity contribution < 1.29 is 18.7 Å². The van der Waals surface area contributed by atoms with Gasteiger partial charge in [-0.3, -0.25) is 4.79 Å². The predicted molar refractivity (Wildman–Crippen MR) is 59.9 cm³/mol. The number of hydrogen-bond donors (Lipinski definition) is 4. The number of amides is 2. The highest BCUT2D eigenvalue weighted by Crippen LogP contribution is 2.13. The Morgan fingerprint density at radius 3 is 2.83 bits per heavy atom. The molecule has 0 fully saturated rings. The summed E-state index contributed by atoms with van der Waals surface area (Å²) in [7, 11) is 0. The van der Waals surface area contributed by atoms with Crippen molar-refractivity contribution in [1.82, 2.24) is 10.3 Å². The van der Waals surface area contributed by atoms with Gasteiger partial charge in [0.15, 0.2) is 11.6 Å². The molecule has 8 nitrogen and oxygen atoms in total. The van der Waals surface area contributed by atoms with Crippen molar-refractivity contribution in [2.24, 2.45) is 11.6 Å². The molecule has 0 radical (unpaired) electrons. The molecule has 1 aromatic rings. The molecule has 9 heteroatoms. The van der Waals surface area contributed by atoms with E-state index < -0.39 is 17.8 Å². The first-order valence-electron chi connectivity index (χ1n) is 4.87. The molecule has 1 rings (SSSR count). The van der Waals surface area contributed by atoms with Crippen molar-refractivity contribution in [3.63, 3.8) is 0 Å². The van der Waals surface area contributed by atoms with Gasteiger partial charge < -0.3 is 21.2 Å². The summed E-state index contributed by atoms with van der Waals surface area (Å²) < 4.78 is 18.0. The Bertz CT molecular complexity index is 454. The lowest BCUT2D eigenvalue weighted by Gasteiger charge is -2.07. The van der Waals surface area contributed by atoms with Gasteiger partial charge in [0.1, 0.15) is 6.61 Å². The number of hydrazine groups is 1. The van der Waals surface area contributed by atoms with E-state index in [-0.39, 0.29) is 24.5 Å². The van der Waals surface area contributed by atoms with E-state index >= 15 is 0 Å². The maximum atomic E-state index is 13.6. The van der Waals surface area contributed by atoms with Crippen LogP contribution in [0.2, 0.25) is 0 Å². The van der Waals surface area contributed by atoms with E-state index in [1.54, 1.807) is 0 Å². The van der Waals surface area contributed by atoms with Gasteiger partial charge >= 0.3 is 6.09 Å². The Morgan fingerprint density at radius 1 is 1.50 bits per heavy atom. The van der Waals surface area contributed by atoms with Crippen LogP contribution in [0.1, 0.15) is 10.4 Å². The zero-order valence-corrected chi connectivity index (χ0v) is 9.27. The Hall–Kier alpha value is -2.42. The number of rotatable bonds is 5. The van der Waals surface area contributed by atoms with Gasteiger partial charge in [-0.2, -0.15) is 0 Å². The summed E-state index contributed by atoms with van der Waals surface area (Å²) in [5.41, 5.74) is 6.51. The zero-order valence-electron chi connectivity index (χ0n) is 9.27. The van der Waals surface area contributed by atoms with Gasteiger partial charge in [-0.05, 0) is 6.07 Å². The van der Waals surface area contributed by atoms with Crippen molar-refractivity contribution in [1.29, 1.82) is 0 Å². The van der Waals surface area contributed by atoms with Crippen LogP contribution in [-0.4, -0.2) is 30.1 Å². The second-order valence-corrected chi connectivity index (χ2v) is 3.09. The highest BCUT2D eigenvalue weighted by Gasteiger charge is 2.15. The number of aromatic nitrogens is 1. The minimum atomic E-state index is -0.950. The molecule has 0 bridgehead atoms. The molecule has 0 aliphatic rings. The van der Waals surface area contributed by atoms with Gasteiger partial charge in [0.25, 0.3) is 5.91 Å². The van der Waals surface area contributed by atoms with Crippen molar-refractivity contribution >= 4 is 17.8 Å². The number of carbonyl (C=O) groups is 2. The lowest BCUT2D eigenvalue weighted by atomic mass is 10.2. The first-order valence-corrected chi connectivity index (χ1v) is 4.87. The second-order valence-electron chi connectivity index (χ2n) is 3.09. The van der Waals surface area contributed by atoms with E-state index in [0.29, 0.717) is 0 Å². The molecule has 2 amide bonds. The monoisotopic (exact) mass is 257 g/mol. The van der Waals surface area contributed by atoms with E-state index in [9.17, 15) is 14.0 Å². The third-order valence-corrected chi connectivity index (χ3v) is 1.90. The van der Waals surface area contributed by atoms with Crippen molar-refractivity contribution in [3.05, 3.63) is 23.6 Å². The number of ether oxygens (including phenoxy) is 1. The van der Waals surface area contributed by atoms with Crippen LogP contribution in [0.5, 0.6) is 0 Å². The van der Waals surface area contributed by atoms with Crippen LogP contribution >= 0.6 is 0 Å². The van der Waals surface area contributed by atoms with Crippen LogP contribution in [0.3, 0.4) is 0 Å². The second kappa shape index (κ2) is 6.35. The number of halogens is 1. The summed E-state index contributed by atoms with van der Waals surface area (Å²) in [4.78, 5) is 25.4. The van der Waals surface area contributed by atoms with Crippen LogP contribution in [-0.2, 0) is 4.74 Å². The molecule has 0 aliphatic heterocycles. The van der Waals surface area contributed by atoms with Crippen molar-refractivity contribution in [3.8, 4) is 0 Å². The third-order valence-electron chi connectivity index (χ3n) is 1.90. The van der Waals surface area contributed by atoms with E-state index in [0.717, 1.165) is 0 Å². The number of nitrogens with one attached hydrogen (secondary N) is 2. The van der Waals surface area contributed by atoms with Crippen molar-refractivity contribution in [2.75, 3.05) is 18.6 Å². The molecule has 0 spiro atoms. The summed E-state index contributed by atoms with van der Waals surface area (Å²) in [6, 6.07) is 1.19. The Balaban J connectivity index is 2.59. The molecule has 1 heterocycles. The number of nitrogens with two attached hydrogens (primary N) is 2. The summed E-state index contributed by atoms with van der Waals surface area (Å²) in [5, 5.41) is 2.34. The van der Waals surface area contributed by atoms with E-state index in [1.165, 1.54) is 12.3 Å². The van der Waals surface area contributed by atoms with Crippen LogP contribution in [0.4, 0.5) is 15.0 Å². The van der Waals surface area contributed by atoms with Gasteiger partial charge in [0.2, 0.25) is 0 Å². The molecule has 18 heavy (non-hydrogen) atoms. The molecule has 6 N–H and O–H groups in total. The average molecular weight is 257 g/mol. The highest BCUT2D eigenvalue weighted by molar-refractivity contribution is 5.95. The smallest absolute Gasteiger partial charge is 0.404 e. The third kappa shape index (κ3) is 3.56. The fourth-order valence-corrected chi connectivity index (χ4v) is 1.13. The summed E-state index contributed by atoms with van der Waals surface area (Å²) in [6.45, 7) is -0.0926. The maximum absolute atomic E-state index is 13.6. The minimum absolute atomic E-state index is 0.00885. The fourth-order valence-electron chi connectivity index (χ4n) is 1.13. The normalized spacial score (nSPS) is 9.67. The Kier molecular flexibility index (Phi) is 4.81. The minimum Gasteiger partial charge on any atom is -0.448 e. The lowest BCUT2D eigenvalue weighted by molar-refractivity contribution is 0.0932. The van der Waals surface area contributed by atoms with E-state index in [2.05, 4.69) is 15.0 Å². The highest BCUT2D eigenvalue weighted by atomic mass is 19.1. The van der Waals surface area contributed by atoms with Crippen LogP contribution in [0.25, 0.3) is 0 Å². The van der Waals surface area contributed by atoms with Gasteiger partial charge in [-0.25, -0.2) is 20.0 Å². The molecule has 98 valence electrons. The fraction of sp³-hybridized carbons (Fsp3) is 0.222.